The van der Waals surface area contributed by atoms with E-state index in [2.05, 4.69) is 180 Å². The van der Waals surface area contributed by atoms with Gasteiger partial charge in [-0.3, -0.25) is 9.97 Å². The maximum atomic E-state index is 5.43. The number of rotatable bonds is 6. The molecule has 11 rings (SSSR count). The van der Waals surface area contributed by atoms with E-state index in [0.717, 1.165) is 65.8 Å². The van der Waals surface area contributed by atoms with E-state index in [1.165, 1.54) is 37.4 Å². The molecule has 5 heteroatoms. The van der Waals surface area contributed by atoms with Crippen LogP contribution in [-0.4, -0.2) is 19.9 Å². The van der Waals surface area contributed by atoms with Crippen LogP contribution in [0.2, 0.25) is 0 Å². The molecule has 0 fully saturated rings. The van der Waals surface area contributed by atoms with E-state index in [4.69, 9.17) is 9.97 Å². The third-order valence-electron chi connectivity index (χ3n) is 10.9. The zero-order valence-corrected chi connectivity index (χ0v) is 31.5. The van der Waals surface area contributed by atoms with Crippen LogP contribution in [0.25, 0.3) is 109 Å². The Morgan fingerprint density at radius 2 is 0.772 bits per heavy atom. The van der Waals surface area contributed by atoms with E-state index in [0.29, 0.717) is 5.82 Å². The van der Waals surface area contributed by atoms with E-state index >= 15 is 0 Å². The normalized spacial score (nSPS) is 11.5. The van der Waals surface area contributed by atoms with Crippen molar-refractivity contribution in [3.8, 4) is 67.2 Å². The van der Waals surface area contributed by atoms with E-state index in [1.54, 1.807) is 11.3 Å². The molecular weight excluding hydrogens is 713 g/mol. The molecular formula is C52H32N4S. The summed E-state index contributed by atoms with van der Waals surface area (Å²) in [7, 11) is 0. The lowest BCUT2D eigenvalue weighted by Gasteiger charge is -2.17. The number of nitrogens with zero attached hydrogens (tertiary/aromatic N) is 4. The summed E-state index contributed by atoms with van der Waals surface area (Å²) in [5.74, 6) is 0.698. The van der Waals surface area contributed by atoms with Gasteiger partial charge in [-0.1, -0.05) is 121 Å². The number of aromatic nitrogens is 4. The zero-order chi connectivity index (χ0) is 37.7. The predicted molar refractivity (Wildman–Crippen MR) is 238 cm³/mol. The van der Waals surface area contributed by atoms with Gasteiger partial charge < -0.3 is 0 Å². The first kappa shape index (κ1) is 33.0. The van der Waals surface area contributed by atoms with Crippen LogP contribution >= 0.6 is 11.3 Å². The van der Waals surface area contributed by atoms with Crippen LogP contribution in [0.3, 0.4) is 0 Å². The minimum absolute atomic E-state index is 0.698. The minimum atomic E-state index is 0.698. The monoisotopic (exact) mass is 744 g/mol. The van der Waals surface area contributed by atoms with Crippen LogP contribution in [0.4, 0.5) is 0 Å². The minimum Gasteiger partial charge on any atom is -0.265 e. The molecule has 0 aliphatic carbocycles. The van der Waals surface area contributed by atoms with Gasteiger partial charge in [0.2, 0.25) is 0 Å². The molecule has 0 N–H and O–H groups in total. The highest BCUT2D eigenvalue weighted by Crippen LogP contribution is 2.43. The highest BCUT2D eigenvalue weighted by molar-refractivity contribution is 7.26. The summed E-state index contributed by atoms with van der Waals surface area (Å²) < 4.78 is 2.30. The molecule has 4 nitrogen and oxygen atoms in total. The maximum absolute atomic E-state index is 5.43. The lowest BCUT2D eigenvalue weighted by atomic mass is 9.88. The van der Waals surface area contributed by atoms with Crippen LogP contribution < -0.4 is 0 Å². The molecule has 4 heterocycles. The average Bonchev–Trinajstić information content (AvgIpc) is 3.67. The summed E-state index contributed by atoms with van der Waals surface area (Å²) in [5, 5.41) is 5.88. The second kappa shape index (κ2) is 13.7. The van der Waals surface area contributed by atoms with Crippen molar-refractivity contribution >= 4 is 53.2 Å². The lowest BCUT2D eigenvalue weighted by molar-refractivity contribution is 1.24. The SMILES string of the molecule is c1ccc(-c2nc(-c3cc(-c4ccc(-c5ccncc5)c5ccccc45)cc(-c4ccc(-c5ccncc5)c5ccccc45)c3)nc3c2sc2ccccc23)cc1. The quantitative estimate of drug-likeness (QED) is 0.170. The van der Waals surface area contributed by atoms with Gasteiger partial charge in [-0.05, 0) is 115 Å². The second-order valence-corrected chi connectivity index (χ2v) is 15.3. The number of pyridine rings is 2. The molecule has 0 atom stereocenters. The Labute approximate surface area is 333 Å². The summed E-state index contributed by atoms with van der Waals surface area (Å²) in [5.41, 5.74) is 13.1. The summed E-state index contributed by atoms with van der Waals surface area (Å²) in [6.45, 7) is 0. The van der Waals surface area contributed by atoms with Crippen molar-refractivity contribution in [2.24, 2.45) is 0 Å². The molecule has 0 saturated carbocycles. The molecule has 57 heavy (non-hydrogen) atoms. The summed E-state index contributed by atoms with van der Waals surface area (Å²) in [4.78, 5) is 19.4. The van der Waals surface area contributed by atoms with Gasteiger partial charge in [0, 0.05) is 46.0 Å². The Morgan fingerprint density at radius 3 is 1.30 bits per heavy atom. The van der Waals surface area contributed by atoms with Gasteiger partial charge in [-0.25, -0.2) is 9.97 Å². The van der Waals surface area contributed by atoms with E-state index in [9.17, 15) is 0 Å². The third kappa shape index (κ3) is 5.76. The van der Waals surface area contributed by atoms with Crippen LogP contribution in [0.5, 0.6) is 0 Å². The number of fused-ring (bicyclic) bond motifs is 5. The Kier molecular flexibility index (Phi) is 7.97. The van der Waals surface area contributed by atoms with E-state index in [1.807, 2.05) is 24.8 Å². The largest absolute Gasteiger partial charge is 0.265 e. The molecule has 0 aliphatic heterocycles. The van der Waals surface area contributed by atoms with Gasteiger partial charge >= 0.3 is 0 Å². The first-order chi connectivity index (χ1) is 28.3. The molecule has 4 aromatic heterocycles. The van der Waals surface area contributed by atoms with Crippen molar-refractivity contribution in [2.75, 3.05) is 0 Å². The summed E-state index contributed by atoms with van der Waals surface area (Å²) in [6, 6.07) is 60.6. The highest BCUT2D eigenvalue weighted by Gasteiger charge is 2.20. The lowest BCUT2D eigenvalue weighted by Crippen LogP contribution is -1.95. The number of hydrogen-bond donors (Lipinski definition) is 0. The molecule has 0 saturated heterocycles. The average molecular weight is 745 g/mol. The summed E-state index contributed by atoms with van der Waals surface area (Å²) in [6.07, 6.45) is 7.43. The number of hydrogen-bond acceptors (Lipinski definition) is 5. The Bertz CT molecular complexity index is 3140. The van der Waals surface area contributed by atoms with Crippen molar-refractivity contribution in [1.82, 2.24) is 19.9 Å². The molecule has 0 amide bonds. The van der Waals surface area contributed by atoms with E-state index in [-0.39, 0.29) is 0 Å². The molecule has 11 aromatic rings. The Morgan fingerprint density at radius 1 is 0.333 bits per heavy atom. The molecule has 0 bridgehead atoms. The topological polar surface area (TPSA) is 51.6 Å². The fourth-order valence-corrected chi connectivity index (χ4v) is 9.40. The predicted octanol–water partition coefficient (Wildman–Crippen LogP) is 13.9. The standard InChI is InChI=1S/C52H32N4S/c1-2-10-35(11-3-1)49-51-50(47-16-8-9-17-48(47)57-51)56-52(55-49)38-31-36(41-20-18-39(33-22-26-53-27-23-33)43-12-4-6-14-45(41)43)30-37(32-38)42-21-19-40(34-24-28-54-29-25-34)44-13-5-7-15-46(42)44/h1-32H. The molecule has 0 aliphatic rings. The number of thiophene rings is 1. The van der Waals surface area contributed by atoms with Gasteiger partial charge in [0.05, 0.1) is 15.9 Å². The highest BCUT2D eigenvalue weighted by atomic mass is 32.1. The van der Waals surface area contributed by atoms with E-state index < -0.39 is 0 Å². The summed E-state index contributed by atoms with van der Waals surface area (Å²) >= 11 is 1.76. The fraction of sp³-hybridized carbons (Fsp3) is 0. The Hall–Kier alpha value is -7.34. The number of benzene rings is 7. The van der Waals surface area contributed by atoms with Gasteiger partial charge in [-0.15, -0.1) is 11.3 Å². The van der Waals surface area contributed by atoms with Crippen molar-refractivity contribution in [1.29, 1.82) is 0 Å². The van der Waals surface area contributed by atoms with Crippen molar-refractivity contribution < 1.29 is 0 Å². The zero-order valence-electron chi connectivity index (χ0n) is 30.7. The van der Waals surface area contributed by atoms with Crippen LogP contribution in [0.1, 0.15) is 0 Å². The van der Waals surface area contributed by atoms with Gasteiger partial charge in [0.25, 0.3) is 0 Å². The Balaban J connectivity index is 1.20. The molecule has 0 unspecified atom stereocenters. The van der Waals surface area contributed by atoms with Crippen molar-refractivity contribution in [2.45, 2.75) is 0 Å². The van der Waals surface area contributed by atoms with Gasteiger partial charge in [0.15, 0.2) is 5.82 Å². The molecule has 266 valence electrons. The van der Waals surface area contributed by atoms with Crippen LogP contribution in [-0.2, 0) is 0 Å². The van der Waals surface area contributed by atoms with Gasteiger partial charge in [0.1, 0.15) is 0 Å². The fourth-order valence-electron chi connectivity index (χ4n) is 8.25. The van der Waals surface area contributed by atoms with Crippen molar-refractivity contribution in [3.63, 3.8) is 0 Å². The van der Waals surface area contributed by atoms with Crippen LogP contribution in [0.15, 0.2) is 195 Å². The molecule has 7 aromatic carbocycles. The smallest absolute Gasteiger partial charge is 0.160 e. The third-order valence-corrected chi connectivity index (χ3v) is 12.1. The molecule has 0 spiro atoms. The van der Waals surface area contributed by atoms with Crippen LogP contribution in [0, 0.1) is 0 Å². The van der Waals surface area contributed by atoms with Gasteiger partial charge in [-0.2, -0.15) is 0 Å². The first-order valence-corrected chi connectivity index (χ1v) is 19.8. The first-order valence-electron chi connectivity index (χ1n) is 19.0. The molecule has 0 radical (unpaired) electrons. The second-order valence-electron chi connectivity index (χ2n) is 14.2. The van der Waals surface area contributed by atoms with Crippen molar-refractivity contribution in [3.05, 3.63) is 195 Å². The maximum Gasteiger partial charge on any atom is 0.160 e.